The number of aromatic nitrogens is 4. The molecule has 172 valence electrons. The van der Waals surface area contributed by atoms with E-state index < -0.39 is 0 Å². The van der Waals surface area contributed by atoms with Gasteiger partial charge in [0.1, 0.15) is 11.5 Å². The van der Waals surface area contributed by atoms with Gasteiger partial charge in [-0.3, -0.25) is 20.2 Å². The van der Waals surface area contributed by atoms with Gasteiger partial charge in [0.25, 0.3) is 0 Å². The lowest BCUT2D eigenvalue weighted by atomic mass is 10.3. The maximum Gasteiger partial charge on any atom is 0.240 e. The Morgan fingerprint density at radius 1 is 0.788 bits per heavy atom. The van der Waals surface area contributed by atoms with Crippen LogP contribution in [0.4, 0.5) is 11.9 Å². The van der Waals surface area contributed by atoms with Crippen LogP contribution in [0.25, 0.3) is 22.1 Å². The molecule has 4 aromatic rings. The van der Waals surface area contributed by atoms with E-state index in [0.29, 0.717) is 34.4 Å². The number of likely N-dealkylation sites (N-methyl/N-ethyl adjacent to an activating group) is 2. The summed E-state index contributed by atoms with van der Waals surface area (Å²) in [6.45, 7) is 0.533. The van der Waals surface area contributed by atoms with Gasteiger partial charge in [0.2, 0.25) is 23.7 Å². The number of fused-ring (bicyclic) bond motifs is 2. The number of rotatable bonds is 8. The van der Waals surface area contributed by atoms with E-state index in [1.165, 1.54) is 0 Å². The first-order valence-electron chi connectivity index (χ1n) is 10.3. The second-order valence-corrected chi connectivity index (χ2v) is 8.20. The van der Waals surface area contributed by atoms with Crippen molar-refractivity contribution >= 4 is 45.8 Å². The van der Waals surface area contributed by atoms with Gasteiger partial charge in [-0.1, -0.05) is 0 Å². The van der Waals surface area contributed by atoms with E-state index in [1.807, 2.05) is 52.5 Å². The molecule has 0 aliphatic rings. The summed E-state index contributed by atoms with van der Waals surface area (Å²) in [5, 5.41) is 5.49. The molecule has 0 radical (unpaired) electrons. The van der Waals surface area contributed by atoms with Gasteiger partial charge in [0.05, 0.1) is 35.2 Å². The van der Waals surface area contributed by atoms with Crippen molar-refractivity contribution in [2.75, 3.05) is 51.9 Å². The monoisotopic (exact) mass is 450 g/mol. The number of H-pyrrole nitrogens is 2. The Morgan fingerprint density at radius 3 is 1.61 bits per heavy atom. The zero-order valence-electron chi connectivity index (χ0n) is 18.9. The number of amides is 2. The Morgan fingerprint density at radius 2 is 1.21 bits per heavy atom. The zero-order chi connectivity index (χ0) is 23.5. The summed E-state index contributed by atoms with van der Waals surface area (Å²) in [6.07, 6.45) is 0. The van der Waals surface area contributed by atoms with Crippen molar-refractivity contribution in [3.63, 3.8) is 0 Å². The molecule has 2 aromatic carbocycles. The van der Waals surface area contributed by atoms with Crippen molar-refractivity contribution < 1.29 is 14.3 Å². The van der Waals surface area contributed by atoms with Crippen molar-refractivity contribution in [3.05, 3.63) is 36.4 Å². The fourth-order valence-corrected chi connectivity index (χ4v) is 3.28. The van der Waals surface area contributed by atoms with Crippen LogP contribution >= 0.6 is 0 Å². The quantitative estimate of drug-likeness (QED) is 0.324. The number of anilines is 2. The molecule has 2 amide bonds. The molecule has 2 heterocycles. The highest BCUT2D eigenvalue weighted by Gasteiger charge is 2.11. The van der Waals surface area contributed by atoms with Gasteiger partial charge in [0.15, 0.2) is 0 Å². The Balaban J connectivity index is 1.47. The molecule has 4 rings (SSSR count). The minimum Gasteiger partial charge on any atom is -0.457 e. The highest BCUT2D eigenvalue weighted by Crippen LogP contribution is 2.28. The van der Waals surface area contributed by atoms with E-state index in [-0.39, 0.29) is 24.9 Å². The van der Waals surface area contributed by atoms with Crippen LogP contribution in [0, 0.1) is 0 Å². The predicted molar refractivity (Wildman–Crippen MR) is 127 cm³/mol. The molecule has 0 bridgehead atoms. The molecule has 0 atom stereocenters. The first-order chi connectivity index (χ1) is 15.7. The van der Waals surface area contributed by atoms with Gasteiger partial charge in [0, 0.05) is 12.1 Å². The fourth-order valence-electron chi connectivity index (χ4n) is 3.28. The number of carbonyl (C=O) groups excluding carboxylic acids is 2. The minimum atomic E-state index is -0.152. The summed E-state index contributed by atoms with van der Waals surface area (Å²) in [4.78, 5) is 42.4. The topological polar surface area (TPSA) is 131 Å². The van der Waals surface area contributed by atoms with Crippen LogP contribution in [-0.4, -0.2) is 82.8 Å². The molecule has 0 aliphatic heterocycles. The molecule has 2 aromatic heterocycles. The number of imidazole rings is 2. The van der Waals surface area contributed by atoms with Gasteiger partial charge < -0.3 is 24.5 Å². The molecule has 33 heavy (non-hydrogen) atoms. The number of nitrogens with zero attached hydrogens (tertiary/aromatic N) is 4. The molecule has 0 saturated carbocycles. The van der Waals surface area contributed by atoms with Gasteiger partial charge >= 0.3 is 0 Å². The van der Waals surface area contributed by atoms with Crippen LogP contribution < -0.4 is 15.4 Å². The lowest BCUT2D eigenvalue weighted by Crippen LogP contribution is -2.27. The first-order valence-corrected chi connectivity index (χ1v) is 10.3. The third-order valence-electron chi connectivity index (χ3n) is 4.58. The molecule has 4 N–H and O–H groups in total. The van der Waals surface area contributed by atoms with Crippen LogP contribution in [0.3, 0.4) is 0 Å². The summed E-state index contributed by atoms with van der Waals surface area (Å²) in [5.74, 6) is 1.68. The van der Waals surface area contributed by atoms with Crippen LogP contribution in [0.1, 0.15) is 0 Å². The summed E-state index contributed by atoms with van der Waals surface area (Å²) < 4.78 is 6.00. The smallest absolute Gasteiger partial charge is 0.240 e. The highest BCUT2D eigenvalue weighted by atomic mass is 16.5. The number of aromatic amines is 2. The van der Waals surface area contributed by atoms with E-state index in [4.69, 9.17) is 4.74 Å². The van der Waals surface area contributed by atoms with Gasteiger partial charge in [-0.2, -0.15) is 0 Å². The maximum atomic E-state index is 12.0. The number of ether oxygens (including phenoxy) is 1. The third kappa shape index (κ3) is 5.64. The van der Waals surface area contributed by atoms with E-state index >= 15 is 0 Å². The fraction of sp³-hybridized carbons (Fsp3) is 0.273. The average molecular weight is 451 g/mol. The molecule has 0 saturated heterocycles. The molecule has 11 heteroatoms. The van der Waals surface area contributed by atoms with Crippen molar-refractivity contribution in [3.8, 4) is 11.5 Å². The molecule has 0 spiro atoms. The molecular weight excluding hydrogens is 424 g/mol. The summed E-state index contributed by atoms with van der Waals surface area (Å²) in [6, 6.07) is 10.9. The van der Waals surface area contributed by atoms with Crippen molar-refractivity contribution in [2.24, 2.45) is 0 Å². The van der Waals surface area contributed by atoms with Crippen LogP contribution in [0.5, 0.6) is 11.5 Å². The average Bonchev–Trinajstić information content (AvgIpc) is 3.28. The van der Waals surface area contributed by atoms with E-state index in [2.05, 4.69) is 30.6 Å². The van der Waals surface area contributed by atoms with E-state index in [1.54, 1.807) is 21.9 Å². The molecule has 0 fully saturated rings. The Kier molecular flexibility index (Phi) is 6.24. The van der Waals surface area contributed by atoms with Crippen LogP contribution in [0.2, 0.25) is 0 Å². The first kappa shape index (κ1) is 22.2. The Hall–Kier alpha value is -3.96. The number of nitrogens with one attached hydrogen (secondary N) is 4. The normalized spacial score (nSPS) is 11.5. The second kappa shape index (κ2) is 9.27. The standard InChI is InChI=1S/C22H26N8O3/c1-29(2)11-19(31)27-21-23-15-7-5-13(9-17(15)25-21)33-14-6-8-16-18(10-14)26-22(24-16)28-20(32)12-30(3)4/h5-10H,11-12H2,1-4H3,(H2,23,25,27,31)(H2,24,26,28,32). The van der Waals surface area contributed by atoms with Gasteiger partial charge in [-0.25, -0.2) is 9.97 Å². The lowest BCUT2D eigenvalue weighted by Gasteiger charge is -2.07. The predicted octanol–water partition coefficient (Wildman–Crippen LogP) is 2.23. The number of hydrogen-bond acceptors (Lipinski definition) is 7. The van der Waals surface area contributed by atoms with Gasteiger partial charge in [-0.15, -0.1) is 0 Å². The van der Waals surface area contributed by atoms with E-state index in [0.717, 1.165) is 11.0 Å². The number of benzene rings is 2. The lowest BCUT2D eigenvalue weighted by molar-refractivity contribution is -0.117. The Bertz CT molecular complexity index is 1210. The van der Waals surface area contributed by atoms with Crippen LogP contribution in [0.15, 0.2) is 36.4 Å². The second-order valence-electron chi connectivity index (χ2n) is 8.20. The third-order valence-corrected chi connectivity index (χ3v) is 4.58. The van der Waals surface area contributed by atoms with Crippen molar-refractivity contribution in [1.82, 2.24) is 29.7 Å². The van der Waals surface area contributed by atoms with Crippen LogP contribution in [-0.2, 0) is 9.59 Å². The largest absolute Gasteiger partial charge is 0.457 e. The van der Waals surface area contributed by atoms with Crippen molar-refractivity contribution in [2.45, 2.75) is 0 Å². The van der Waals surface area contributed by atoms with Gasteiger partial charge in [-0.05, 0) is 52.5 Å². The Labute approximate surface area is 190 Å². The number of hydrogen-bond donors (Lipinski definition) is 4. The minimum absolute atomic E-state index is 0.152. The summed E-state index contributed by atoms with van der Waals surface area (Å²) in [7, 11) is 7.30. The summed E-state index contributed by atoms with van der Waals surface area (Å²) in [5.41, 5.74) is 2.90. The SMILES string of the molecule is CN(C)CC(=O)Nc1nc2ccc(Oc3ccc4nc(NC(=O)CN(C)C)[nH]c4c3)cc2[nH]1. The highest BCUT2D eigenvalue weighted by molar-refractivity contribution is 5.93. The molecule has 0 aliphatic carbocycles. The number of carbonyl (C=O) groups is 2. The van der Waals surface area contributed by atoms with Crippen molar-refractivity contribution in [1.29, 1.82) is 0 Å². The van der Waals surface area contributed by atoms with E-state index in [9.17, 15) is 9.59 Å². The molecule has 0 unspecified atom stereocenters. The maximum absolute atomic E-state index is 12.0. The molecule has 11 nitrogen and oxygen atoms in total. The molecular formula is C22H26N8O3. The summed E-state index contributed by atoms with van der Waals surface area (Å²) >= 11 is 0. The zero-order valence-corrected chi connectivity index (χ0v) is 18.9.